The lowest BCUT2D eigenvalue weighted by atomic mass is 9.87. The highest BCUT2D eigenvalue weighted by molar-refractivity contribution is 7.89. The number of sulfonamides is 1. The lowest BCUT2D eigenvalue weighted by Crippen LogP contribution is -2.33. The lowest BCUT2D eigenvalue weighted by Gasteiger charge is -2.25. The smallest absolute Gasteiger partial charge is 0.242 e. The zero-order valence-corrected chi connectivity index (χ0v) is 12.9. The topological polar surface area (TPSA) is 79.3 Å². The molecule has 2 N–H and O–H groups in total. The lowest BCUT2D eigenvalue weighted by molar-refractivity contribution is 0.102. The van der Waals surface area contributed by atoms with Crippen molar-refractivity contribution in [1.82, 2.24) is 9.71 Å². The predicted octanol–water partition coefficient (Wildman–Crippen LogP) is 1.87. The van der Waals surface area contributed by atoms with Crippen LogP contribution in [0.15, 0.2) is 17.2 Å². The van der Waals surface area contributed by atoms with Crippen molar-refractivity contribution in [3.8, 4) is 0 Å². The summed E-state index contributed by atoms with van der Waals surface area (Å²) in [5.74, 6) is 0.190. The molecule has 7 heteroatoms. The molecule has 0 saturated heterocycles. The first-order chi connectivity index (χ1) is 9.38. The number of aromatic nitrogens is 1. The first-order valence-corrected chi connectivity index (χ1v) is 8.54. The Hall–Kier alpha value is -0.690. The highest BCUT2D eigenvalue weighted by atomic mass is 35.5. The Morgan fingerprint density at radius 2 is 2.25 bits per heavy atom. The Morgan fingerprint density at radius 1 is 1.50 bits per heavy atom. The van der Waals surface area contributed by atoms with Crippen LogP contribution in [0.1, 0.15) is 31.2 Å². The standard InChI is InChI=1S/C13H19ClN2O3S/c1-9-5-12(8-15-13(9)14)20(18,19)16-7-10-3-2-4-11(17)6-10/h5,8,10-11,16-17H,2-4,6-7H2,1H3. The van der Waals surface area contributed by atoms with E-state index in [-0.39, 0.29) is 16.9 Å². The average molecular weight is 319 g/mol. The van der Waals surface area contributed by atoms with Crippen LogP contribution in [0.3, 0.4) is 0 Å². The van der Waals surface area contributed by atoms with Gasteiger partial charge in [0, 0.05) is 12.7 Å². The van der Waals surface area contributed by atoms with E-state index in [1.165, 1.54) is 12.3 Å². The molecule has 1 saturated carbocycles. The van der Waals surface area contributed by atoms with Crippen LogP contribution in [-0.2, 0) is 10.0 Å². The summed E-state index contributed by atoms with van der Waals surface area (Å²) >= 11 is 5.79. The second-order valence-electron chi connectivity index (χ2n) is 5.32. The number of rotatable bonds is 4. The average Bonchev–Trinajstić information content (AvgIpc) is 2.40. The van der Waals surface area contributed by atoms with E-state index in [0.717, 1.165) is 19.3 Å². The molecule has 2 atom stereocenters. The van der Waals surface area contributed by atoms with Crippen LogP contribution in [0, 0.1) is 12.8 Å². The first-order valence-electron chi connectivity index (χ1n) is 6.68. The Balaban J connectivity index is 2.01. The monoisotopic (exact) mass is 318 g/mol. The molecule has 1 aromatic rings. The van der Waals surface area contributed by atoms with Crippen LogP contribution in [-0.4, -0.2) is 31.2 Å². The van der Waals surface area contributed by atoms with E-state index in [9.17, 15) is 13.5 Å². The van der Waals surface area contributed by atoms with Gasteiger partial charge in [0.15, 0.2) is 0 Å². The van der Waals surface area contributed by atoms with E-state index < -0.39 is 10.0 Å². The molecule has 20 heavy (non-hydrogen) atoms. The minimum Gasteiger partial charge on any atom is -0.393 e. The largest absolute Gasteiger partial charge is 0.393 e. The number of nitrogens with one attached hydrogen (secondary N) is 1. The SMILES string of the molecule is Cc1cc(S(=O)(=O)NCC2CCCC(O)C2)cnc1Cl. The molecule has 0 bridgehead atoms. The molecular formula is C13H19ClN2O3S. The van der Waals surface area contributed by atoms with Gasteiger partial charge in [0.1, 0.15) is 10.0 Å². The van der Waals surface area contributed by atoms with Crippen LogP contribution in [0.5, 0.6) is 0 Å². The molecule has 2 unspecified atom stereocenters. The summed E-state index contributed by atoms with van der Waals surface area (Å²) in [7, 11) is -3.57. The fraction of sp³-hybridized carbons (Fsp3) is 0.615. The fourth-order valence-corrected chi connectivity index (χ4v) is 3.69. The van der Waals surface area contributed by atoms with Gasteiger partial charge in [-0.3, -0.25) is 0 Å². The van der Waals surface area contributed by atoms with Gasteiger partial charge in [0.25, 0.3) is 0 Å². The zero-order chi connectivity index (χ0) is 14.8. The summed E-state index contributed by atoms with van der Waals surface area (Å²) in [4.78, 5) is 3.98. The number of pyridine rings is 1. The summed E-state index contributed by atoms with van der Waals surface area (Å²) in [6, 6.07) is 1.51. The van der Waals surface area contributed by atoms with E-state index >= 15 is 0 Å². The molecule has 0 amide bonds. The summed E-state index contributed by atoms with van der Waals surface area (Å²) in [5, 5.41) is 9.90. The Labute approximate surface area is 124 Å². The summed E-state index contributed by atoms with van der Waals surface area (Å²) in [5.41, 5.74) is 0.627. The minimum absolute atomic E-state index is 0.121. The van der Waals surface area contributed by atoms with Gasteiger partial charge >= 0.3 is 0 Å². The van der Waals surface area contributed by atoms with Crippen LogP contribution >= 0.6 is 11.6 Å². The van der Waals surface area contributed by atoms with Gasteiger partial charge in [-0.05, 0) is 43.7 Å². The Morgan fingerprint density at radius 3 is 2.90 bits per heavy atom. The van der Waals surface area contributed by atoms with Gasteiger partial charge in [0.2, 0.25) is 10.0 Å². The van der Waals surface area contributed by atoms with Crippen molar-refractivity contribution in [2.24, 2.45) is 5.92 Å². The van der Waals surface area contributed by atoms with Crippen LogP contribution in [0.4, 0.5) is 0 Å². The van der Waals surface area contributed by atoms with Gasteiger partial charge in [-0.15, -0.1) is 0 Å². The molecule has 1 fully saturated rings. The molecule has 5 nitrogen and oxygen atoms in total. The first kappa shape index (κ1) is 15.7. The van der Waals surface area contributed by atoms with Crippen molar-refractivity contribution in [2.45, 2.75) is 43.6 Å². The van der Waals surface area contributed by atoms with Gasteiger partial charge in [-0.1, -0.05) is 18.0 Å². The van der Waals surface area contributed by atoms with E-state index in [4.69, 9.17) is 11.6 Å². The van der Waals surface area contributed by atoms with Gasteiger partial charge < -0.3 is 5.11 Å². The van der Waals surface area contributed by atoms with Gasteiger partial charge in [-0.25, -0.2) is 18.1 Å². The number of halogens is 1. The van der Waals surface area contributed by atoms with Crippen molar-refractivity contribution in [3.63, 3.8) is 0 Å². The van der Waals surface area contributed by atoms with Crippen molar-refractivity contribution >= 4 is 21.6 Å². The summed E-state index contributed by atoms with van der Waals surface area (Å²) in [6.07, 6.45) is 4.29. The normalized spacial score (nSPS) is 23.8. The molecule has 112 valence electrons. The molecule has 1 aromatic heterocycles. The van der Waals surface area contributed by atoms with E-state index in [2.05, 4.69) is 9.71 Å². The summed E-state index contributed by atoms with van der Waals surface area (Å²) < 4.78 is 26.9. The summed E-state index contributed by atoms with van der Waals surface area (Å²) in [6.45, 7) is 2.06. The van der Waals surface area contributed by atoms with Crippen LogP contribution in [0.25, 0.3) is 0 Å². The van der Waals surface area contributed by atoms with Crippen LogP contribution in [0.2, 0.25) is 5.15 Å². The molecule has 0 aliphatic heterocycles. The van der Waals surface area contributed by atoms with Crippen molar-refractivity contribution < 1.29 is 13.5 Å². The number of aryl methyl sites for hydroxylation is 1. The van der Waals surface area contributed by atoms with Crippen LogP contribution < -0.4 is 4.72 Å². The third-order valence-corrected chi connectivity index (χ3v) is 5.40. The maximum absolute atomic E-state index is 12.2. The second-order valence-corrected chi connectivity index (χ2v) is 7.44. The molecule has 1 aliphatic rings. The number of nitrogens with zero attached hydrogens (tertiary/aromatic N) is 1. The molecule has 0 radical (unpaired) electrons. The van der Waals surface area contributed by atoms with E-state index in [0.29, 0.717) is 23.7 Å². The van der Waals surface area contributed by atoms with Crippen molar-refractivity contribution in [1.29, 1.82) is 0 Å². The number of aliphatic hydroxyl groups excluding tert-OH is 1. The van der Waals surface area contributed by atoms with E-state index in [1.807, 2.05) is 0 Å². The quantitative estimate of drug-likeness (QED) is 0.831. The van der Waals surface area contributed by atoms with Gasteiger partial charge in [0.05, 0.1) is 6.10 Å². The molecule has 0 spiro atoms. The second kappa shape index (κ2) is 6.39. The Kier molecular flexibility index (Phi) is 5.01. The van der Waals surface area contributed by atoms with Crippen molar-refractivity contribution in [3.05, 3.63) is 23.0 Å². The number of aliphatic hydroxyl groups is 1. The highest BCUT2D eigenvalue weighted by Gasteiger charge is 2.23. The molecular weight excluding hydrogens is 300 g/mol. The maximum Gasteiger partial charge on any atom is 0.242 e. The number of hydrogen-bond donors (Lipinski definition) is 2. The molecule has 1 heterocycles. The molecule has 2 rings (SSSR count). The predicted molar refractivity (Wildman–Crippen MR) is 77.1 cm³/mol. The third-order valence-electron chi connectivity index (χ3n) is 3.62. The minimum atomic E-state index is -3.57. The molecule has 1 aliphatic carbocycles. The van der Waals surface area contributed by atoms with E-state index in [1.54, 1.807) is 6.92 Å². The maximum atomic E-state index is 12.2. The number of hydrogen-bond acceptors (Lipinski definition) is 4. The fourth-order valence-electron chi connectivity index (χ4n) is 2.44. The van der Waals surface area contributed by atoms with Gasteiger partial charge in [-0.2, -0.15) is 0 Å². The molecule has 0 aromatic carbocycles. The zero-order valence-electron chi connectivity index (χ0n) is 11.3. The highest BCUT2D eigenvalue weighted by Crippen LogP contribution is 2.24. The van der Waals surface area contributed by atoms with Crippen molar-refractivity contribution in [2.75, 3.05) is 6.54 Å². The third kappa shape index (κ3) is 3.91. The Bertz CT molecular complexity index is 577.